The third-order valence-electron chi connectivity index (χ3n) is 3.05. The molecule has 0 aliphatic rings. The Hall–Kier alpha value is -2.42. The number of carbonyl (C=O) groups is 1. The first-order chi connectivity index (χ1) is 9.13. The predicted molar refractivity (Wildman–Crippen MR) is 73.4 cm³/mol. The summed E-state index contributed by atoms with van der Waals surface area (Å²) in [7, 11) is 0. The van der Waals surface area contributed by atoms with E-state index in [-0.39, 0.29) is 5.78 Å². The number of hydrogen-bond donors (Lipinski definition) is 0. The number of nitrogens with zero attached hydrogens (tertiary/aromatic N) is 1. The van der Waals surface area contributed by atoms with Crippen molar-refractivity contribution in [1.82, 2.24) is 4.98 Å². The lowest BCUT2D eigenvalue weighted by atomic mass is 10.1. The summed E-state index contributed by atoms with van der Waals surface area (Å²) in [4.78, 5) is 16.6. The normalized spacial score (nSPS) is 10.8. The summed E-state index contributed by atoms with van der Waals surface area (Å²) in [5, 5.41) is 0. The van der Waals surface area contributed by atoms with Crippen molar-refractivity contribution in [3.8, 4) is 0 Å². The number of hydrogen-bond acceptors (Lipinski definition) is 3. The van der Waals surface area contributed by atoms with Gasteiger partial charge in [0.2, 0.25) is 5.78 Å². The molecule has 0 spiro atoms. The molecule has 0 bridgehead atoms. The van der Waals surface area contributed by atoms with Gasteiger partial charge >= 0.3 is 0 Å². The van der Waals surface area contributed by atoms with Crippen LogP contribution in [0.1, 0.15) is 27.4 Å². The van der Waals surface area contributed by atoms with E-state index in [1.807, 2.05) is 50.2 Å². The Morgan fingerprint density at radius 1 is 1.05 bits per heavy atom. The van der Waals surface area contributed by atoms with Crippen molar-refractivity contribution in [1.29, 1.82) is 0 Å². The standard InChI is InChI=1S/C16H13NO2/c1-10-3-6-12(7-4-10)16(18)15-9-13-14(19-15)8-5-11(2)17-13/h3-9H,1-2H3. The molecule has 94 valence electrons. The SMILES string of the molecule is Cc1ccc(C(=O)c2cc3nc(C)ccc3o2)cc1. The first-order valence-corrected chi connectivity index (χ1v) is 6.12. The lowest BCUT2D eigenvalue weighted by Gasteiger charge is -1.97. The predicted octanol–water partition coefficient (Wildman–Crippen LogP) is 3.68. The van der Waals surface area contributed by atoms with Crippen molar-refractivity contribution in [3.63, 3.8) is 0 Å². The largest absolute Gasteiger partial charge is 0.451 e. The molecule has 0 amide bonds. The molecule has 0 saturated carbocycles. The fourth-order valence-electron chi connectivity index (χ4n) is 1.98. The maximum atomic E-state index is 12.3. The number of rotatable bonds is 2. The number of furan rings is 1. The average molecular weight is 251 g/mol. The van der Waals surface area contributed by atoms with Crippen LogP contribution in [-0.2, 0) is 0 Å². The summed E-state index contributed by atoms with van der Waals surface area (Å²) in [6, 6.07) is 12.9. The van der Waals surface area contributed by atoms with E-state index < -0.39 is 0 Å². The molecule has 0 unspecified atom stereocenters. The lowest BCUT2D eigenvalue weighted by Crippen LogP contribution is -1.98. The zero-order valence-electron chi connectivity index (χ0n) is 10.8. The summed E-state index contributed by atoms with van der Waals surface area (Å²) < 4.78 is 5.56. The molecule has 0 saturated heterocycles. The van der Waals surface area contributed by atoms with Gasteiger partial charge in [-0.3, -0.25) is 4.79 Å². The van der Waals surface area contributed by atoms with Crippen molar-refractivity contribution in [3.05, 3.63) is 65.0 Å². The van der Waals surface area contributed by atoms with Gasteiger partial charge < -0.3 is 4.42 Å². The van der Waals surface area contributed by atoms with Crippen LogP contribution in [0.3, 0.4) is 0 Å². The van der Waals surface area contributed by atoms with E-state index in [9.17, 15) is 4.79 Å². The summed E-state index contributed by atoms with van der Waals surface area (Å²) >= 11 is 0. The molecule has 3 nitrogen and oxygen atoms in total. The molecule has 2 aromatic heterocycles. The first-order valence-electron chi connectivity index (χ1n) is 6.12. The second-order valence-electron chi connectivity index (χ2n) is 4.64. The van der Waals surface area contributed by atoms with Crippen molar-refractivity contribution < 1.29 is 9.21 Å². The summed E-state index contributed by atoms with van der Waals surface area (Å²) in [5.74, 6) is 0.215. The summed E-state index contributed by atoms with van der Waals surface area (Å²) in [6.07, 6.45) is 0. The Balaban J connectivity index is 2.04. The molecule has 0 aliphatic heterocycles. The van der Waals surface area contributed by atoms with Gasteiger partial charge in [-0.1, -0.05) is 29.8 Å². The van der Waals surface area contributed by atoms with E-state index in [0.29, 0.717) is 16.9 Å². The van der Waals surface area contributed by atoms with Crippen molar-refractivity contribution in [2.45, 2.75) is 13.8 Å². The molecule has 19 heavy (non-hydrogen) atoms. The number of benzene rings is 1. The highest BCUT2D eigenvalue weighted by Gasteiger charge is 2.14. The molecule has 1 aromatic carbocycles. The van der Waals surface area contributed by atoms with Crippen LogP contribution in [0.15, 0.2) is 46.9 Å². The molecular formula is C16H13NO2. The van der Waals surface area contributed by atoms with Gasteiger partial charge in [-0.25, -0.2) is 4.98 Å². The number of aryl methyl sites for hydroxylation is 2. The molecule has 0 aliphatic carbocycles. The van der Waals surface area contributed by atoms with Gasteiger partial charge in [-0.15, -0.1) is 0 Å². The van der Waals surface area contributed by atoms with E-state index in [1.54, 1.807) is 6.07 Å². The van der Waals surface area contributed by atoms with Crippen molar-refractivity contribution in [2.24, 2.45) is 0 Å². The molecule has 3 rings (SSSR count). The molecule has 0 atom stereocenters. The zero-order valence-corrected chi connectivity index (χ0v) is 10.8. The lowest BCUT2D eigenvalue weighted by molar-refractivity contribution is 0.101. The van der Waals surface area contributed by atoms with Crippen LogP contribution in [-0.4, -0.2) is 10.8 Å². The van der Waals surface area contributed by atoms with E-state index >= 15 is 0 Å². The number of ketones is 1. The number of fused-ring (bicyclic) bond motifs is 1. The van der Waals surface area contributed by atoms with Gasteiger partial charge in [0.25, 0.3) is 0 Å². The van der Waals surface area contributed by atoms with E-state index in [1.165, 1.54) is 0 Å². The average Bonchev–Trinajstić information content (AvgIpc) is 2.81. The topological polar surface area (TPSA) is 43.1 Å². The molecule has 2 heterocycles. The summed E-state index contributed by atoms with van der Waals surface area (Å²) in [5.41, 5.74) is 4.01. The molecule has 3 heteroatoms. The molecule has 0 radical (unpaired) electrons. The van der Waals surface area contributed by atoms with Crippen LogP contribution < -0.4 is 0 Å². The number of aromatic nitrogens is 1. The molecule has 0 fully saturated rings. The van der Waals surface area contributed by atoms with Gasteiger partial charge in [0.05, 0.1) is 0 Å². The smallest absolute Gasteiger partial charge is 0.228 e. The van der Waals surface area contributed by atoms with Gasteiger partial charge in [-0.05, 0) is 26.0 Å². The number of carbonyl (C=O) groups excluding carboxylic acids is 1. The highest BCUT2D eigenvalue weighted by Crippen LogP contribution is 2.20. The monoisotopic (exact) mass is 251 g/mol. The van der Waals surface area contributed by atoms with Crippen LogP contribution in [0.4, 0.5) is 0 Å². The number of pyridine rings is 1. The van der Waals surface area contributed by atoms with Crippen LogP contribution in [0.2, 0.25) is 0 Å². The second-order valence-corrected chi connectivity index (χ2v) is 4.64. The van der Waals surface area contributed by atoms with Crippen LogP contribution in [0.25, 0.3) is 11.1 Å². The van der Waals surface area contributed by atoms with Gasteiger partial charge in [0.15, 0.2) is 11.3 Å². The summed E-state index contributed by atoms with van der Waals surface area (Å²) in [6.45, 7) is 3.90. The fraction of sp³-hybridized carbons (Fsp3) is 0.125. The van der Waals surface area contributed by atoms with E-state index in [4.69, 9.17) is 4.42 Å². The van der Waals surface area contributed by atoms with E-state index in [0.717, 1.165) is 16.8 Å². The maximum absolute atomic E-state index is 12.3. The zero-order chi connectivity index (χ0) is 13.4. The van der Waals surface area contributed by atoms with Crippen molar-refractivity contribution >= 4 is 16.9 Å². The Bertz CT molecular complexity index is 754. The fourth-order valence-corrected chi connectivity index (χ4v) is 1.98. The van der Waals surface area contributed by atoms with Gasteiger partial charge in [0.1, 0.15) is 5.52 Å². The Kier molecular flexibility index (Phi) is 2.67. The Labute approximate surface area is 110 Å². The van der Waals surface area contributed by atoms with Gasteiger partial charge in [-0.2, -0.15) is 0 Å². The minimum Gasteiger partial charge on any atom is -0.451 e. The minimum atomic E-state index is -0.115. The first kappa shape index (κ1) is 11.7. The van der Waals surface area contributed by atoms with Crippen molar-refractivity contribution in [2.75, 3.05) is 0 Å². The maximum Gasteiger partial charge on any atom is 0.228 e. The highest BCUT2D eigenvalue weighted by atomic mass is 16.3. The van der Waals surface area contributed by atoms with E-state index in [2.05, 4.69) is 4.98 Å². The Morgan fingerprint density at radius 2 is 1.79 bits per heavy atom. The Morgan fingerprint density at radius 3 is 2.53 bits per heavy atom. The van der Waals surface area contributed by atoms with Crippen LogP contribution in [0, 0.1) is 13.8 Å². The minimum absolute atomic E-state index is 0.115. The van der Waals surface area contributed by atoms with Crippen LogP contribution in [0.5, 0.6) is 0 Å². The molecule has 0 N–H and O–H groups in total. The second kappa shape index (κ2) is 4.35. The van der Waals surface area contributed by atoms with Gasteiger partial charge in [0, 0.05) is 17.3 Å². The molecule has 3 aromatic rings. The van der Waals surface area contributed by atoms with Crippen LogP contribution >= 0.6 is 0 Å². The third kappa shape index (κ3) is 2.15. The quantitative estimate of drug-likeness (QED) is 0.652. The molecular weight excluding hydrogens is 238 g/mol. The highest BCUT2D eigenvalue weighted by molar-refractivity contribution is 6.08. The third-order valence-corrected chi connectivity index (χ3v) is 3.05.